The van der Waals surface area contributed by atoms with Gasteiger partial charge >= 0.3 is 0 Å². The molecule has 30 heavy (non-hydrogen) atoms. The zero-order chi connectivity index (χ0) is 20.5. The molecule has 1 aliphatic rings. The van der Waals surface area contributed by atoms with Gasteiger partial charge in [0.05, 0.1) is 12.4 Å². The number of halogens is 1. The Morgan fingerprint density at radius 2 is 1.87 bits per heavy atom. The molecule has 2 heterocycles. The Balaban J connectivity index is 1.72. The van der Waals surface area contributed by atoms with E-state index in [1.54, 1.807) is 12.3 Å². The van der Waals surface area contributed by atoms with Gasteiger partial charge in [-0.15, -0.1) is 0 Å². The average molecular weight is 414 g/mol. The van der Waals surface area contributed by atoms with E-state index in [0.29, 0.717) is 5.02 Å². The van der Waals surface area contributed by atoms with Crippen LogP contribution in [-0.2, 0) is 0 Å². The van der Waals surface area contributed by atoms with Gasteiger partial charge in [-0.05, 0) is 59.4 Å². The largest absolute Gasteiger partial charge is 0.326 e. The Hall–Kier alpha value is -3.37. The number of nitrogens with zero attached hydrogens (tertiary/aromatic N) is 2. The lowest BCUT2D eigenvalue weighted by molar-refractivity contribution is 0.677. The van der Waals surface area contributed by atoms with Crippen molar-refractivity contribution in [3.63, 3.8) is 0 Å². The fraction of sp³-hybridized carbons (Fsp3) is 0.120. The van der Waals surface area contributed by atoms with Crippen LogP contribution in [0.4, 0.5) is 0 Å². The van der Waals surface area contributed by atoms with Crippen LogP contribution < -0.4 is 5.56 Å². The number of fused-ring (bicyclic) bond motifs is 1. The number of imidazole rings is 1. The molecule has 2 aromatic heterocycles. The van der Waals surface area contributed by atoms with Crippen LogP contribution >= 0.6 is 11.6 Å². The monoisotopic (exact) mass is 413 g/mol. The highest BCUT2D eigenvalue weighted by Gasteiger charge is 2.18. The van der Waals surface area contributed by atoms with Gasteiger partial charge < -0.3 is 9.55 Å². The molecule has 0 saturated heterocycles. The SMILES string of the molecule is O=c1cc(C2=CCCC=C2)c2cc(C(c3ccc(Cl)cc3)n3ccnc3)ccc2[nH]1. The van der Waals surface area contributed by atoms with E-state index in [1.165, 1.54) is 0 Å². The number of aromatic amines is 1. The second-order valence-electron chi connectivity index (χ2n) is 7.46. The molecular weight excluding hydrogens is 394 g/mol. The van der Waals surface area contributed by atoms with E-state index in [0.717, 1.165) is 46.0 Å². The summed E-state index contributed by atoms with van der Waals surface area (Å²) in [6, 6.07) is 15.8. The number of benzene rings is 2. The molecule has 0 aliphatic heterocycles. The first-order chi connectivity index (χ1) is 14.7. The van der Waals surface area contributed by atoms with Gasteiger partial charge in [0.1, 0.15) is 0 Å². The molecule has 148 valence electrons. The molecule has 0 fully saturated rings. The van der Waals surface area contributed by atoms with E-state index >= 15 is 0 Å². The quantitative estimate of drug-likeness (QED) is 0.463. The lowest BCUT2D eigenvalue weighted by Crippen LogP contribution is -2.12. The first kappa shape index (κ1) is 18.6. The third kappa shape index (κ3) is 3.51. The second-order valence-corrected chi connectivity index (χ2v) is 7.89. The highest BCUT2D eigenvalue weighted by Crippen LogP contribution is 2.32. The molecular formula is C25H20ClN3O. The molecule has 0 radical (unpaired) electrons. The Labute approximate surface area is 179 Å². The van der Waals surface area contributed by atoms with E-state index in [4.69, 9.17) is 11.6 Å². The molecule has 1 unspecified atom stereocenters. The minimum absolute atomic E-state index is 0.0511. The van der Waals surface area contributed by atoms with Crippen molar-refractivity contribution in [2.45, 2.75) is 18.9 Å². The summed E-state index contributed by atoms with van der Waals surface area (Å²) in [7, 11) is 0. The maximum absolute atomic E-state index is 12.3. The molecule has 4 nitrogen and oxygen atoms in total. The van der Waals surface area contributed by atoms with Gasteiger partial charge in [0.2, 0.25) is 5.56 Å². The number of pyridine rings is 1. The summed E-state index contributed by atoms with van der Waals surface area (Å²) >= 11 is 6.12. The van der Waals surface area contributed by atoms with E-state index in [9.17, 15) is 4.79 Å². The standard InChI is InChI=1S/C25H20ClN3O/c26-20-9-6-18(7-10-20)25(29-13-12-27-16-29)19-8-11-23-22(14-19)21(15-24(30)28-23)17-4-2-1-3-5-17/h2,4-16,25H,1,3H2,(H,28,30). The normalized spacial score (nSPS) is 14.6. The zero-order valence-electron chi connectivity index (χ0n) is 16.3. The van der Waals surface area contributed by atoms with E-state index in [-0.39, 0.29) is 11.6 Å². The molecule has 1 aliphatic carbocycles. The van der Waals surface area contributed by atoms with Crippen LogP contribution in [0.1, 0.15) is 35.6 Å². The highest BCUT2D eigenvalue weighted by molar-refractivity contribution is 6.30. The predicted molar refractivity (Wildman–Crippen MR) is 122 cm³/mol. The minimum atomic E-state index is -0.0889. The highest BCUT2D eigenvalue weighted by atomic mass is 35.5. The van der Waals surface area contributed by atoms with Gasteiger partial charge in [-0.2, -0.15) is 0 Å². The molecule has 0 spiro atoms. The van der Waals surface area contributed by atoms with Crippen LogP contribution in [0.25, 0.3) is 16.5 Å². The predicted octanol–water partition coefficient (Wildman–Crippen LogP) is 5.75. The van der Waals surface area contributed by atoms with Crippen molar-refractivity contribution in [3.05, 3.63) is 118 Å². The summed E-state index contributed by atoms with van der Waals surface area (Å²) < 4.78 is 2.08. The molecule has 5 heteroatoms. The van der Waals surface area contributed by atoms with Crippen molar-refractivity contribution in [1.29, 1.82) is 0 Å². The van der Waals surface area contributed by atoms with Crippen molar-refractivity contribution >= 4 is 28.1 Å². The number of hydrogen-bond acceptors (Lipinski definition) is 2. The van der Waals surface area contributed by atoms with E-state index in [1.807, 2.05) is 42.9 Å². The van der Waals surface area contributed by atoms with Gasteiger partial charge in [-0.1, -0.05) is 48.0 Å². The lowest BCUT2D eigenvalue weighted by atomic mass is 9.92. The fourth-order valence-electron chi connectivity index (χ4n) is 4.10. The van der Waals surface area contributed by atoms with Crippen molar-refractivity contribution in [3.8, 4) is 0 Å². The molecule has 4 aromatic rings. The van der Waals surface area contributed by atoms with Crippen LogP contribution in [0.5, 0.6) is 0 Å². The molecule has 0 amide bonds. The van der Waals surface area contributed by atoms with Gasteiger partial charge in [-0.25, -0.2) is 4.98 Å². The summed E-state index contributed by atoms with van der Waals surface area (Å²) in [5, 5.41) is 1.74. The van der Waals surface area contributed by atoms with E-state index in [2.05, 4.69) is 44.9 Å². The summed E-state index contributed by atoms with van der Waals surface area (Å²) in [5.41, 5.74) is 5.03. The molecule has 5 rings (SSSR count). The van der Waals surface area contributed by atoms with Crippen molar-refractivity contribution in [1.82, 2.24) is 14.5 Å². The lowest BCUT2D eigenvalue weighted by Gasteiger charge is -2.21. The first-order valence-corrected chi connectivity index (χ1v) is 10.3. The average Bonchev–Trinajstić information content (AvgIpc) is 3.30. The Kier molecular flexibility index (Phi) is 4.85. The second kappa shape index (κ2) is 7.81. The zero-order valence-corrected chi connectivity index (χ0v) is 17.0. The Morgan fingerprint density at radius 1 is 1.03 bits per heavy atom. The van der Waals surface area contributed by atoms with Crippen LogP contribution in [0, 0.1) is 0 Å². The van der Waals surface area contributed by atoms with Crippen LogP contribution in [0.2, 0.25) is 5.02 Å². The molecule has 0 saturated carbocycles. The number of allylic oxidation sites excluding steroid dienone is 4. The van der Waals surface area contributed by atoms with Crippen molar-refractivity contribution < 1.29 is 0 Å². The number of hydrogen-bond donors (Lipinski definition) is 1. The fourth-order valence-corrected chi connectivity index (χ4v) is 4.22. The molecule has 1 atom stereocenters. The van der Waals surface area contributed by atoms with Gasteiger partial charge in [0.15, 0.2) is 0 Å². The molecule has 1 N–H and O–H groups in total. The van der Waals surface area contributed by atoms with Crippen molar-refractivity contribution in [2.24, 2.45) is 0 Å². The number of H-pyrrole nitrogens is 1. The maximum Gasteiger partial charge on any atom is 0.249 e. The third-order valence-electron chi connectivity index (χ3n) is 5.50. The minimum Gasteiger partial charge on any atom is -0.326 e. The Bertz CT molecular complexity index is 1320. The molecule has 2 aromatic carbocycles. The number of aromatic nitrogens is 3. The summed E-state index contributed by atoms with van der Waals surface area (Å²) in [4.78, 5) is 19.5. The number of nitrogens with one attached hydrogen (secondary N) is 1. The summed E-state index contributed by atoms with van der Waals surface area (Å²) in [5.74, 6) is 0. The van der Waals surface area contributed by atoms with Gasteiger partial charge in [-0.3, -0.25) is 4.79 Å². The van der Waals surface area contributed by atoms with Crippen LogP contribution in [0.15, 0.2) is 90.3 Å². The third-order valence-corrected chi connectivity index (χ3v) is 5.75. The first-order valence-electron chi connectivity index (χ1n) is 9.96. The maximum atomic E-state index is 12.3. The summed E-state index contributed by atoms with van der Waals surface area (Å²) in [6.45, 7) is 0. The Morgan fingerprint density at radius 3 is 2.60 bits per heavy atom. The van der Waals surface area contributed by atoms with Gasteiger partial charge in [0.25, 0.3) is 0 Å². The van der Waals surface area contributed by atoms with Crippen LogP contribution in [0.3, 0.4) is 0 Å². The van der Waals surface area contributed by atoms with E-state index < -0.39 is 0 Å². The van der Waals surface area contributed by atoms with Gasteiger partial charge in [0, 0.05) is 34.4 Å². The smallest absolute Gasteiger partial charge is 0.249 e. The number of rotatable bonds is 4. The topological polar surface area (TPSA) is 50.7 Å². The summed E-state index contributed by atoms with van der Waals surface area (Å²) in [6.07, 6.45) is 14.1. The van der Waals surface area contributed by atoms with Crippen LogP contribution in [-0.4, -0.2) is 14.5 Å². The molecule has 0 bridgehead atoms. The van der Waals surface area contributed by atoms with Crippen molar-refractivity contribution in [2.75, 3.05) is 0 Å².